The van der Waals surface area contributed by atoms with Gasteiger partial charge in [-0.3, -0.25) is 0 Å². The molecular formula is C10H10BrClO. The van der Waals surface area contributed by atoms with Crippen molar-refractivity contribution < 1.29 is 5.11 Å². The molecule has 0 aromatic heterocycles. The fraction of sp³-hybridized carbons (Fsp3) is 0.200. The van der Waals surface area contributed by atoms with Crippen molar-refractivity contribution in [2.24, 2.45) is 0 Å². The van der Waals surface area contributed by atoms with Crippen LogP contribution < -0.4 is 0 Å². The Morgan fingerprint density at radius 2 is 2.23 bits per heavy atom. The van der Waals surface area contributed by atoms with Gasteiger partial charge in [-0.25, -0.2) is 0 Å². The van der Waals surface area contributed by atoms with E-state index >= 15 is 0 Å². The number of hydrogen-bond acceptors (Lipinski definition) is 1. The Kier molecular flexibility index (Phi) is 4.50. The second-order valence-corrected chi connectivity index (χ2v) is 3.90. The maximum atomic E-state index is 8.57. The van der Waals surface area contributed by atoms with E-state index in [9.17, 15) is 0 Å². The van der Waals surface area contributed by atoms with Crippen molar-refractivity contribution >= 4 is 33.6 Å². The Bertz CT molecular complexity index is 310. The number of aliphatic hydroxyl groups is 1. The lowest BCUT2D eigenvalue weighted by molar-refractivity contribution is 0.303. The second kappa shape index (κ2) is 5.43. The van der Waals surface area contributed by atoms with Crippen molar-refractivity contribution in [3.8, 4) is 0 Å². The van der Waals surface area contributed by atoms with E-state index in [0.29, 0.717) is 6.42 Å². The second-order valence-electron chi connectivity index (χ2n) is 2.58. The van der Waals surface area contributed by atoms with E-state index < -0.39 is 0 Å². The third kappa shape index (κ3) is 3.51. The minimum absolute atomic E-state index is 0.169. The molecule has 1 aromatic carbocycles. The minimum Gasteiger partial charge on any atom is -0.396 e. The summed E-state index contributed by atoms with van der Waals surface area (Å²) in [5.74, 6) is 0. The number of hydrogen-bond donors (Lipinski definition) is 1. The van der Waals surface area contributed by atoms with Crippen LogP contribution in [0.2, 0.25) is 5.02 Å². The maximum Gasteiger partial charge on any atom is 0.0479 e. The van der Waals surface area contributed by atoms with Gasteiger partial charge in [0, 0.05) is 16.1 Å². The van der Waals surface area contributed by atoms with Gasteiger partial charge in [-0.15, -0.1) is 0 Å². The molecule has 0 amide bonds. The summed E-state index contributed by atoms with van der Waals surface area (Å²) < 4.78 is 1.00. The number of halogens is 2. The van der Waals surface area contributed by atoms with Gasteiger partial charge in [0.15, 0.2) is 0 Å². The molecule has 0 fully saturated rings. The molecule has 70 valence electrons. The van der Waals surface area contributed by atoms with Crippen LogP contribution in [0.1, 0.15) is 12.0 Å². The monoisotopic (exact) mass is 260 g/mol. The van der Waals surface area contributed by atoms with Gasteiger partial charge < -0.3 is 5.11 Å². The highest BCUT2D eigenvalue weighted by molar-refractivity contribution is 9.10. The minimum atomic E-state index is 0.169. The van der Waals surface area contributed by atoms with E-state index in [2.05, 4.69) is 15.9 Å². The quantitative estimate of drug-likeness (QED) is 0.883. The normalized spacial score (nSPS) is 11.0. The van der Waals surface area contributed by atoms with E-state index in [1.54, 1.807) is 0 Å². The van der Waals surface area contributed by atoms with Crippen molar-refractivity contribution in [3.05, 3.63) is 39.3 Å². The third-order valence-electron chi connectivity index (χ3n) is 1.55. The number of rotatable bonds is 3. The molecular weight excluding hydrogens is 251 g/mol. The van der Waals surface area contributed by atoms with Gasteiger partial charge >= 0.3 is 0 Å². The van der Waals surface area contributed by atoms with E-state index in [4.69, 9.17) is 16.7 Å². The molecule has 0 unspecified atom stereocenters. The van der Waals surface area contributed by atoms with Crippen LogP contribution in [-0.4, -0.2) is 11.7 Å². The Morgan fingerprint density at radius 3 is 2.92 bits per heavy atom. The Balaban J connectivity index is 2.81. The molecule has 3 heteroatoms. The molecule has 0 atom stereocenters. The predicted octanol–water partition coefficient (Wildman–Crippen LogP) is 3.50. The molecule has 0 aliphatic rings. The highest BCUT2D eigenvalue weighted by Crippen LogP contribution is 2.22. The molecule has 0 aliphatic carbocycles. The molecule has 13 heavy (non-hydrogen) atoms. The molecule has 1 rings (SSSR count). The molecule has 0 bridgehead atoms. The van der Waals surface area contributed by atoms with E-state index in [0.717, 1.165) is 15.1 Å². The Labute approximate surface area is 91.2 Å². The predicted molar refractivity (Wildman–Crippen MR) is 59.9 cm³/mol. The lowest BCUT2D eigenvalue weighted by Gasteiger charge is -1.98. The summed E-state index contributed by atoms with van der Waals surface area (Å²) in [4.78, 5) is 0. The summed E-state index contributed by atoms with van der Waals surface area (Å²) in [6.07, 6.45) is 4.46. The van der Waals surface area contributed by atoms with E-state index in [-0.39, 0.29) is 6.61 Å². The summed E-state index contributed by atoms with van der Waals surface area (Å²) in [6.45, 7) is 0.169. The van der Waals surface area contributed by atoms with Crippen LogP contribution in [0.5, 0.6) is 0 Å². The fourth-order valence-corrected chi connectivity index (χ4v) is 1.49. The average molecular weight is 262 g/mol. The van der Waals surface area contributed by atoms with Crippen LogP contribution in [0.15, 0.2) is 28.7 Å². The lowest BCUT2D eigenvalue weighted by atomic mass is 10.2. The Hall–Kier alpha value is -0.310. The van der Waals surface area contributed by atoms with Gasteiger partial charge in [0.1, 0.15) is 0 Å². The van der Waals surface area contributed by atoms with Crippen LogP contribution in [0, 0.1) is 0 Å². The van der Waals surface area contributed by atoms with Gasteiger partial charge in [-0.2, -0.15) is 0 Å². The van der Waals surface area contributed by atoms with Crippen molar-refractivity contribution in [3.63, 3.8) is 0 Å². The molecule has 0 radical (unpaired) electrons. The molecule has 0 saturated carbocycles. The molecule has 1 aromatic rings. The van der Waals surface area contributed by atoms with Gasteiger partial charge in [-0.1, -0.05) is 39.7 Å². The first-order valence-electron chi connectivity index (χ1n) is 3.96. The summed E-state index contributed by atoms with van der Waals surface area (Å²) in [5, 5.41) is 9.29. The summed E-state index contributed by atoms with van der Waals surface area (Å²) >= 11 is 9.30. The zero-order valence-corrected chi connectivity index (χ0v) is 9.35. The fourth-order valence-electron chi connectivity index (χ4n) is 0.927. The number of aliphatic hydroxyl groups excluding tert-OH is 1. The van der Waals surface area contributed by atoms with Crippen LogP contribution in [0.25, 0.3) is 6.08 Å². The first-order valence-corrected chi connectivity index (χ1v) is 5.13. The smallest absolute Gasteiger partial charge is 0.0479 e. The molecule has 0 saturated heterocycles. The molecule has 0 heterocycles. The molecule has 0 spiro atoms. The highest BCUT2D eigenvalue weighted by atomic mass is 79.9. The highest BCUT2D eigenvalue weighted by Gasteiger charge is 1.95. The van der Waals surface area contributed by atoms with Gasteiger partial charge in [-0.05, 0) is 30.2 Å². The topological polar surface area (TPSA) is 20.2 Å². The number of benzene rings is 1. The van der Waals surface area contributed by atoms with Crippen LogP contribution in [0.3, 0.4) is 0 Å². The first kappa shape index (κ1) is 10.8. The zero-order valence-electron chi connectivity index (χ0n) is 7.00. The molecule has 0 aliphatic heterocycles. The summed E-state index contributed by atoms with van der Waals surface area (Å²) in [7, 11) is 0. The Morgan fingerprint density at radius 1 is 1.46 bits per heavy atom. The van der Waals surface area contributed by atoms with E-state index in [1.807, 2.05) is 30.4 Å². The largest absolute Gasteiger partial charge is 0.396 e. The van der Waals surface area contributed by atoms with Crippen LogP contribution in [0.4, 0.5) is 0 Å². The zero-order chi connectivity index (χ0) is 9.68. The van der Waals surface area contributed by atoms with Crippen molar-refractivity contribution in [1.29, 1.82) is 0 Å². The third-order valence-corrected chi connectivity index (χ3v) is 2.39. The summed E-state index contributed by atoms with van der Waals surface area (Å²) in [5.41, 5.74) is 0.962. The van der Waals surface area contributed by atoms with Crippen molar-refractivity contribution in [2.75, 3.05) is 6.61 Å². The first-order chi connectivity index (χ1) is 6.24. The SMILES string of the molecule is OCCC=Cc1cc(Br)ccc1Cl. The van der Waals surface area contributed by atoms with Crippen LogP contribution >= 0.6 is 27.5 Å². The standard InChI is InChI=1S/C10H10BrClO/c11-9-4-5-10(12)8(7-9)3-1-2-6-13/h1,3-5,7,13H,2,6H2. The molecule has 1 N–H and O–H groups in total. The lowest BCUT2D eigenvalue weighted by Crippen LogP contribution is -1.78. The van der Waals surface area contributed by atoms with E-state index in [1.165, 1.54) is 0 Å². The molecule has 1 nitrogen and oxygen atoms in total. The van der Waals surface area contributed by atoms with Gasteiger partial charge in [0.25, 0.3) is 0 Å². The maximum absolute atomic E-state index is 8.57. The average Bonchev–Trinajstić information content (AvgIpc) is 2.11. The van der Waals surface area contributed by atoms with Gasteiger partial charge in [0.2, 0.25) is 0 Å². The summed E-state index contributed by atoms with van der Waals surface area (Å²) in [6, 6.07) is 5.67. The van der Waals surface area contributed by atoms with Crippen LogP contribution in [-0.2, 0) is 0 Å². The van der Waals surface area contributed by atoms with Crippen molar-refractivity contribution in [2.45, 2.75) is 6.42 Å². The van der Waals surface area contributed by atoms with Gasteiger partial charge in [0.05, 0.1) is 0 Å². The van der Waals surface area contributed by atoms with Crippen molar-refractivity contribution in [1.82, 2.24) is 0 Å².